The van der Waals surface area contributed by atoms with Gasteiger partial charge in [0.2, 0.25) is 0 Å². The maximum atomic E-state index is 9.36. The third kappa shape index (κ3) is 1.30. The van der Waals surface area contributed by atoms with E-state index in [9.17, 15) is 5.11 Å². The maximum Gasteiger partial charge on any atom is 0.155 e. The Morgan fingerprint density at radius 1 is 1.50 bits per heavy atom. The first kappa shape index (κ1) is 7.57. The van der Waals surface area contributed by atoms with Gasteiger partial charge in [-0.05, 0) is 19.9 Å². The van der Waals surface area contributed by atoms with Gasteiger partial charge in [-0.3, -0.25) is 0 Å². The summed E-state index contributed by atoms with van der Waals surface area (Å²) in [6, 6.07) is 0. The summed E-state index contributed by atoms with van der Waals surface area (Å²) in [5.74, 6) is 0. The summed E-state index contributed by atoms with van der Waals surface area (Å²) >= 11 is 0. The van der Waals surface area contributed by atoms with E-state index >= 15 is 0 Å². The molecule has 2 N–H and O–H groups in total. The second kappa shape index (κ2) is 2.25. The van der Waals surface area contributed by atoms with Crippen LogP contribution in [0.5, 0.6) is 0 Å². The molecule has 3 nitrogen and oxygen atoms in total. The van der Waals surface area contributed by atoms with Gasteiger partial charge >= 0.3 is 0 Å². The van der Waals surface area contributed by atoms with Crippen LogP contribution >= 0.6 is 0 Å². The number of hydrogen-bond donors (Lipinski definition) is 2. The first-order chi connectivity index (χ1) is 4.52. The second-order valence-corrected chi connectivity index (χ2v) is 3.03. The summed E-state index contributed by atoms with van der Waals surface area (Å²) in [6.45, 7) is 3.21. The summed E-state index contributed by atoms with van der Waals surface area (Å²) in [5.41, 5.74) is -0.983. The van der Waals surface area contributed by atoms with Crippen molar-refractivity contribution in [3.05, 3.63) is 12.3 Å². The van der Waals surface area contributed by atoms with Gasteiger partial charge in [-0.2, -0.15) is 0 Å². The largest absolute Gasteiger partial charge is 0.492 e. The topological polar surface area (TPSA) is 49.7 Å². The van der Waals surface area contributed by atoms with E-state index in [-0.39, 0.29) is 0 Å². The number of hydrogen-bond acceptors (Lipinski definition) is 3. The third-order valence-corrected chi connectivity index (χ3v) is 1.51. The highest BCUT2D eigenvalue weighted by Crippen LogP contribution is 2.21. The molecule has 2 unspecified atom stereocenters. The fourth-order valence-corrected chi connectivity index (χ4v) is 0.976. The molecule has 0 aromatic heterocycles. The van der Waals surface area contributed by atoms with Crippen molar-refractivity contribution in [2.45, 2.75) is 31.7 Å². The van der Waals surface area contributed by atoms with Gasteiger partial charge in [0.1, 0.15) is 6.10 Å². The van der Waals surface area contributed by atoms with Crippen LogP contribution in [0.15, 0.2) is 12.3 Å². The van der Waals surface area contributed by atoms with Gasteiger partial charge in [-0.25, -0.2) is 0 Å². The van der Waals surface area contributed by atoms with E-state index in [1.807, 2.05) is 0 Å². The van der Waals surface area contributed by atoms with Crippen molar-refractivity contribution >= 4 is 0 Å². The molecule has 1 aliphatic heterocycles. The van der Waals surface area contributed by atoms with Gasteiger partial charge in [0.05, 0.1) is 11.9 Å². The molecule has 0 radical (unpaired) electrons. The van der Waals surface area contributed by atoms with E-state index in [1.54, 1.807) is 13.8 Å². The van der Waals surface area contributed by atoms with E-state index in [0.717, 1.165) is 0 Å². The van der Waals surface area contributed by atoms with Crippen LogP contribution in [0.3, 0.4) is 0 Å². The SMILES string of the molecule is CC(C)(O)C1OC=CC1O. The summed E-state index contributed by atoms with van der Waals surface area (Å²) in [5, 5.41) is 18.5. The average Bonchev–Trinajstić information content (AvgIpc) is 2.11. The monoisotopic (exact) mass is 144 g/mol. The van der Waals surface area contributed by atoms with E-state index in [2.05, 4.69) is 0 Å². The summed E-state index contributed by atoms with van der Waals surface area (Å²) in [6.07, 6.45) is 1.73. The maximum absolute atomic E-state index is 9.36. The average molecular weight is 144 g/mol. The van der Waals surface area contributed by atoms with Crippen LogP contribution in [-0.4, -0.2) is 28.0 Å². The van der Waals surface area contributed by atoms with Gasteiger partial charge in [0, 0.05) is 0 Å². The Balaban J connectivity index is 2.60. The molecule has 0 aliphatic carbocycles. The Kier molecular flexibility index (Phi) is 1.70. The Morgan fingerprint density at radius 3 is 2.30 bits per heavy atom. The molecule has 10 heavy (non-hydrogen) atoms. The van der Waals surface area contributed by atoms with Crippen LogP contribution in [0.2, 0.25) is 0 Å². The van der Waals surface area contributed by atoms with Gasteiger partial charge in [0.25, 0.3) is 0 Å². The van der Waals surface area contributed by atoms with Crippen molar-refractivity contribution in [3.8, 4) is 0 Å². The molecule has 0 amide bonds. The molecule has 0 fully saturated rings. The van der Waals surface area contributed by atoms with E-state index in [1.165, 1.54) is 12.3 Å². The molecule has 0 spiro atoms. The molecular weight excluding hydrogens is 132 g/mol. The first-order valence-electron chi connectivity index (χ1n) is 3.24. The van der Waals surface area contributed by atoms with E-state index < -0.39 is 17.8 Å². The van der Waals surface area contributed by atoms with E-state index in [0.29, 0.717) is 0 Å². The first-order valence-corrected chi connectivity index (χ1v) is 3.24. The van der Waals surface area contributed by atoms with Gasteiger partial charge in [0.15, 0.2) is 6.10 Å². The highest BCUT2D eigenvalue weighted by atomic mass is 16.5. The second-order valence-electron chi connectivity index (χ2n) is 3.03. The molecule has 1 aliphatic rings. The molecule has 1 heterocycles. The van der Waals surface area contributed by atoms with Crippen LogP contribution in [0.25, 0.3) is 0 Å². The Hall–Kier alpha value is -0.540. The minimum Gasteiger partial charge on any atom is -0.492 e. The lowest BCUT2D eigenvalue weighted by atomic mass is 9.98. The highest BCUT2D eigenvalue weighted by molar-refractivity contribution is 5.01. The molecule has 58 valence electrons. The number of aliphatic hydroxyl groups is 2. The zero-order valence-corrected chi connectivity index (χ0v) is 6.11. The van der Waals surface area contributed by atoms with Crippen molar-refractivity contribution < 1.29 is 14.9 Å². The van der Waals surface area contributed by atoms with Crippen molar-refractivity contribution in [2.24, 2.45) is 0 Å². The molecule has 0 saturated carbocycles. The van der Waals surface area contributed by atoms with Crippen molar-refractivity contribution in [1.29, 1.82) is 0 Å². The molecule has 0 saturated heterocycles. The van der Waals surface area contributed by atoms with Gasteiger partial charge < -0.3 is 14.9 Å². The van der Waals surface area contributed by atoms with E-state index in [4.69, 9.17) is 9.84 Å². The standard InChI is InChI=1S/C7H12O3/c1-7(2,9)6-5(8)3-4-10-6/h3-6,8-9H,1-2H3. The zero-order valence-electron chi connectivity index (χ0n) is 6.11. The molecule has 0 aromatic carbocycles. The predicted octanol–water partition coefficient (Wildman–Crippen LogP) is 0.0307. The van der Waals surface area contributed by atoms with Crippen molar-refractivity contribution in [2.75, 3.05) is 0 Å². The summed E-state index contributed by atoms with van der Waals surface area (Å²) < 4.78 is 4.95. The number of rotatable bonds is 1. The zero-order chi connectivity index (χ0) is 7.78. The predicted molar refractivity (Wildman–Crippen MR) is 36.3 cm³/mol. The quantitative estimate of drug-likeness (QED) is 0.546. The lowest BCUT2D eigenvalue weighted by molar-refractivity contribution is -0.0830. The van der Waals surface area contributed by atoms with Crippen LogP contribution in [-0.2, 0) is 4.74 Å². The fraction of sp³-hybridized carbons (Fsp3) is 0.714. The van der Waals surface area contributed by atoms with Crippen molar-refractivity contribution in [1.82, 2.24) is 0 Å². The van der Waals surface area contributed by atoms with Crippen LogP contribution in [0, 0.1) is 0 Å². The lowest BCUT2D eigenvalue weighted by Crippen LogP contribution is -2.42. The number of aliphatic hydroxyl groups excluding tert-OH is 1. The smallest absolute Gasteiger partial charge is 0.155 e. The van der Waals surface area contributed by atoms with Gasteiger partial charge in [-0.1, -0.05) is 0 Å². The Morgan fingerprint density at radius 2 is 2.10 bits per heavy atom. The molecule has 3 heteroatoms. The lowest BCUT2D eigenvalue weighted by Gasteiger charge is -2.26. The molecule has 0 aromatic rings. The third-order valence-electron chi connectivity index (χ3n) is 1.51. The minimum atomic E-state index is -0.983. The molecule has 2 atom stereocenters. The highest BCUT2D eigenvalue weighted by Gasteiger charge is 2.35. The summed E-state index contributed by atoms with van der Waals surface area (Å²) in [4.78, 5) is 0. The summed E-state index contributed by atoms with van der Waals surface area (Å²) in [7, 11) is 0. The Bertz CT molecular complexity index is 145. The van der Waals surface area contributed by atoms with Crippen LogP contribution < -0.4 is 0 Å². The fourth-order valence-electron chi connectivity index (χ4n) is 0.976. The van der Waals surface area contributed by atoms with Crippen LogP contribution in [0.4, 0.5) is 0 Å². The van der Waals surface area contributed by atoms with Crippen molar-refractivity contribution in [3.63, 3.8) is 0 Å². The Labute approximate surface area is 59.9 Å². The minimum absolute atomic E-state index is 0.521. The molecule has 0 bridgehead atoms. The van der Waals surface area contributed by atoms with Gasteiger partial charge in [-0.15, -0.1) is 0 Å². The molecular formula is C7H12O3. The molecule has 1 rings (SSSR count). The van der Waals surface area contributed by atoms with Crippen LogP contribution in [0.1, 0.15) is 13.8 Å². The normalized spacial score (nSPS) is 32.4. The number of ether oxygens (including phenoxy) is 1.